The fraction of sp³-hybridized carbons (Fsp3) is 0.643. The Labute approximate surface area is 133 Å². The number of ether oxygens (including phenoxy) is 1. The van der Waals surface area contributed by atoms with Gasteiger partial charge in [-0.2, -0.15) is 0 Å². The van der Waals surface area contributed by atoms with E-state index in [2.05, 4.69) is 30.7 Å². The highest BCUT2D eigenvalue weighted by molar-refractivity contribution is 9.10. The smallest absolute Gasteiger partial charge is 0.147 e. The van der Waals surface area contributed by atoms with Gasteiger partial charge in [-0.25, -0.2) is 4.98 Å². The topological polar surface area (TPSA) is 28.6 Å². The van der Waals surface area contributed by atoms with E-state index in [1.54, 1.807) is 0 Å². The monoisotopic (exact) mass is 359 g/mol. The van der Waals surface area contributed by atoms with Gasteiger partial charge in [0.05, 0.1) is 5.02 Å². The lowest BCUT2D eigenvalue weighted by molar-refractivity contribution is 0.0321. The molecular formula is C14H19BrClN3O. The van der Waals surface area contributed by atoms with Crippen molar-refractivity contribution in [1.82, 2.24) is 9.88 Å². The summed E-state index contributed by atoms with van der Waals surface area (Å²) >= 11 is 9.68. The highest BCUT2D eigenvalue weighted by Gasteiger charge is 2.26. The molecule has 0 aromatic carbocycles. The molecule has 0 aliphatic carbocycles. The van der Waals surface area contributed by atoms with E-state index in [1.165, 1.54) is 0 Å². The van der Waals surface area contributed by atoms with Gasteiger partial charge in [0.25, 0.3) is 0 Å². The second-order valence-electron chi connectivity index (χ2n) is 5.33. The average molecular weight is 361 g/mol. The van der Waals surface area contributed by atoms with Crippen molar-refractivity contribution in [3.05, 3.63) is 21.8 Å². The number of aromatic nitrogens is 1. The first kappa shape index (κ1) is 14.6. The number of piperazine rings is 1. The summed E-state index contributed by atoms with van der Waals surface area (Å²) in [6.07, 6.45) is 4.14. The molecule has 1 aromatic rings. The zero-order valence-corrected chi connectivity index (χ0v) is 13.7. The maximum absolute atomic E-state index is 6.28. The summed E-state index contributed by atoms with van der Waals surface area (Å²) in [5.41, 5.74) is 0. The zero-order valence-electron chi connectivity index (χ0n) is 11.4. The van der Waals surface area contributed by atoms with Crippen LogP contribution in [0.5, 0.6) is 0 Å². The number of pyridine rings is 1. The van der Waals surface area contributed by atoms with Crippen LogP contribution in [0.2, 0.25) is 5.02 Å². The quantitative estimate of drug-likeness (QED) is 0.811. The van der Waals surface area contributed by atoms with Gasteiger partial charge in [0.15, 0.2) is 0 Å². The van der Waals surface area contributed by atoms with E-state index in [1.807, 2.05) is 12.3 Å². The molecule has 0 amide bonds. The Balaban J connectivity index is 1.60. The van der Waals surface area contributed by atoms with Crippen LogP contribution in [0.3, 0.4) is 0 Å². The molecule has 20 heavy (non-hydrogen) atoms. The first-order chi connectivity index (χ1) is 9.74. The van der Waals surface area contributed by atoms with E-state index >= 15 is 0 Å². The number of hydrogen-bond acceptors (Lipinski definition) is 4. The van der Waals surface area contributed by atoms with Gasteiger partial charge in [-0.1, -0.05) is 11.6 Å². The summed E-state index contributed by atoms with van der Waals surface area (Å²) in [6, 6.07) is 2.61. The number of rotatable bonds is 2. The minimum Gasteiger partial charge on any atom is -0.381 e. The predicted molar refractivity (Wildman–Crippen MR) is 84.6 cm³/mol. The van der Waals surface area contributed by atoms with Crippen LogP contribution >= 0.6 is 27.5 Å². The molecule has 0 N–H and O–H groups in total. The van der Waals surface area contributed by atoms with Crippen molar-refractivity contribution in [3.63, 3.8) is 0 Å². The Kier molecular flexibility index (Phi) is 4.81. The summed E-state index contributed by atoms with van der Waals surface area (Å²) in [6.45, 7) is 5.96. The third kappa shape index (κ3) is 3.27. The molecule has 0 spiro atoms. The molecule has 2 saturated heterocycles. The summed E-state index contributed by atoms with van der Waals surface area (Å²) in [4.78, 5) is 9.32. The third-order valence-electron chi connectivity index (χ3n) is 4.11. The van der Waals surface area contributed by atoms with Crippen molar-refractivity contribution >= 4 is 33.3 Å². The molecule has 4 nitrogen and oxygen atoms in total. The van der Waals surface area contributed by atoms with E-state index in [-0.39, 0.29) is 0 Å². The number of anilines is 1. The van der Waals surface area contributed by atoms with Gasteiger partial charge in [0.1, 0.15) is 5.82 Å². The molecule has 2 aliphatic heterocycles. The molecule has 0 radical (unpaired) electrons. The van der Waals surface area contributed by atoms with Crippen LogP contribution in [0.1, 0.15) is 12.8 Å². The van der Waals surface area contributed by atoms with Gasteiger partial charge in [0.2, 0.25) is 0 Å². The summed E-state index contributed by atoms with van der Waals surface area (Å²) < 4.78 is 6.36. The molecule has 0 unspecified atom stereocenters. The first-order valence-electron chi connectivity index (χ1n) is 7.12. The fourth-order valence-corrected chi connectivity index (χ4v) is 3.74. The fourth-order valence-electron chi connectivity index (χ4n) is 2.99. The van der Waals surface area contributed by atoms with Crippen LogP contribution in [0, 0.1) is 0 Å². The standard InChI is InChI=1S/C14H19BrClN3O/c15-11-9-13(16)14(17-10-11)19-5-3-18(4-6-19)12-1-7-20-8-2-12/h9-10,12H,1-8H2. The summed E-state index contributed by atoms with van der Waals surface area (Å²) in [7, 11) is 0. The maximum atomic E-state index is 6.28. The van der Waals surface area contributed by atoms with E-state index in [0.29, 0.717) is 6.04 Å². The van der Waals surface area contributed by atoms with Crippen LogP contribution in [0.25, 0.3) is 0 Å². The molecule has 3 heterocycles. The Morgan fingerprint density at radius 3 is 2.55 bits per heavy atom. The van der Waals surface area contributed by atoms with Gasteiger partial charge in [0, 0.05) is 56.1 Å². The Bertz CT molecular complexity index is 460. The number of hydrogen-bond donors (Lipinski definition) is 0. The van der Waals surface area contributed by atoms with Crippen LogP contribution in [0.15, 0.2) is 16.7 Å². The lowest BCUT2D eigenvalue weighted by Gasteiger charge is -2.41. The highest BCUT2D eigenvalue weighted by atomic mass is 79.9. The normalized spacial score (nSPS) is 22.2. The molecule has 110 valence electrons. The Morgan fingerprint density at radius 1 is 1.20 bits per heavy atom. The third-order valence-corrected chi connectivity index (χ3v) is 4.82. The summed E-state index contributed by atoms with van der Waals surface area (Å²) in [5, 5.41) is 0.721. The highest BCUT2D eigenvalue weighted by Crippen LogP contribution is 2.27. The molecule has 0 saturated carbocycles. The zero-order chi connectivity index (χ0) is 13.9. The van der Waals surface area contributed by atoms with E-state index in [0.717, 1.165) is 67.5 Å². The van der Waals surface area contributed by atoms with Crippen LogP contribution < -0.4 is 4.90 Å². The lowest BCUT2D eigenvalue weighted by atomic mass is 10.1. The largest absolute Gasteiger partial charge is 0.381 e. The van der Waals surface area contributed by atoms with Crippen molar-refractivity contribution in [1.29, 1.82) is 0 Å². The van der Waals surface area contributed by atoms with Crippen molar-refractivity contribution in [3.8, 4) is 0 Å². The number of nitrogens with zero attached hydrogens (tertiary/aromatic N) is 3. The summed E-state index contributed by atoms with van der Waals surface area (Å²) in [5.74, 6) is 0.904. The van der Waals surface area contributed by atoms with Gasteiger partial charge in [-0.3, -0.25) is 4.90 Å². The van der Waals surface area contributed by atoms with Crippen LogP contribution in [-0.4, -0.2) is 55.3 Å². The molecule has 0 bridgehead atoms. The van der Waals surface area contributed by atoms with E-state index in [4.69, 9.17) is 16.3 Å². The molecule has 3 rings (SSSR count). The molecular weight excluding hydrogens is 342 g/mol. The van der Waals surface area contributed by atoms with E-state index in [9.17, 15) is 0 Å². The second kappa shape index (κ2) is 6.60. The maximum Gasteiger partial charge on any atom is 0.147 e. The van der Waals surface area contributed by atoms with Gasteiger partial charge < -0.3 is 9.64 Å². The molecule has 2 fully saturated rings. The molecule has 6 heteroatoms. The van der Waals surface area contributed by atoms with Crippen LogP contribution in [0.4, 0.5) is 5.82 Å². The Hall–Kier alpha value is -0.360. The van der Waals surface area contributed by atoms with Gasteiger partial charge in [-0.15, -0.1) is 0 Å². The van der Waals surface area contributed by atoms with Crippen molar-refractivity contribution in [2.24, 2.45) is 0 Å². The van der Waals surface area contributed by atoms with Crippen molar-refractivity contribution < 1.29 is 4.74 Å². The molecule has 2 aliphatic rings. The van der Waals surface area contributed by atoms with Crippen LogP contribution in [-0.2, 0) is 4.74 Å². The molecule has 1 aromatic heterocycles. The minimum atomic E-state index is 0.694. The van der Waals surface area contributed by atoms with Crippen molar-refractivity contribution in [2.75, 3.05) is 44.3 Å². The molecule has 0 atom stereocenters. The second-order valence-corrected chi connectivity index (χ2v) is 6.65. The van der Waals surface area contributed by atoms with Gasteiger partial charge in [-0.05, 0) is 34.8 Å². The number of halogens is 2. The Morgan fingerprint density at radius 2 is 1.90 bits per heavy atom. The first-order valence-corrected chi connectivity index (χ1v) is 8.29. The predicted octanol–water partition coefficient (Wildman–Crippen LogP) is 2.80. The van der Waals surface area contributed by atoms with Crippen molar-refractivity contribution in [2.45, 2.75) is 18.9 Å². The van der Waals surface area contributed by atoms with E-state index < -0.39 is 0 Å². The SMILES string of the molecule is Clc1cc(Br)cnc1N1CCN(C2CCOCC2)CC1. The van der Waals surface area contributed by atoms with Gasteiger partial charge >= 0.3 is 0 Å². The average Bonchev–Trinajstić information content (AvgIpc) is 2.48. The lowest BCUT2D eigenvalue weighted by Crippen LogP contribution is -2.51. The minimum absolute atomic E-state index is 0.694.